The van der Waals surface area contributed by atoms with Gasteiger partial charge in [-0.1, -0.05) is 30.9 Å². The van der Waals surface area contributed by atoms with Gasteiger partial charge in [0.05, 0.1) is 5.02 Å². The molecule has 1 aromatic carbocycles. The molecule has 100 valence electrons. The Balaban J connectivity index is 2.61. The second kappa shape index (κ2) is 4.86. The zero-order chi connectivity index (χ0) is 13.3. The van der Waals surface area contributed by atoms with Crippen LogP contribution in [0.25, 0.3) is 0 Å². The van der Waals surface area contributed by atoms with Gasteiger partial charge in [-0.05, 0) is 12.8 Å². The van der Waals surface area contributed by atoms with E-state index in [1.54, 1.807) is 0 Å². The molecule has 0 aliphatic heterocycles. The number of halogens is 1. The Morgan fingerprint density at radius 3 is 2.28 bits per heavy atom. The van der Waals surface area contributed by atoms with E-state index in [9.17, 15) is 15.3 Å². The normalized spacial score (nSPS) is 18.8. The van der Waals surface area contributed by atoms with Crippen molar-refractivity contribution in [3.63, 3.8) is 0 Å². The van der Waals surface area contributed by atoms with Gasteiger partial charge in [-0.2, -0.15) is 0 Å². The summed E-state index contributed by atoms with van der Waals surface area (Å²) in [5.74, 6) is -0.837. The summed E-state index contributed by atoms with van der Waals surface area (Å²) >= 11 is 6.10. The van der Waals surface area contributed by atoms with Crippen molar-refractivity contribution < 1.29 is 15.3 Å². The minimum Gasteiger partial charge on any atom is -0.506 e. The zero-order valence-electron chi connectivity index (χ0n) is 10.1. The van der Waals surface area contributed by atoms with E-state index in [4.69, 9.17) is 17.3 Å². The molecule has 0 bridgehead atoms. The summed E-state index contributed by atoms with van der Waals surface area (Å²) in [6.07, 6.45) is 4.75. The Bertz CT molecular complexity index is 430. The lowest BCUT2D eigenvalue weighted by atomic mass is 9.69. The Hall–Kier alpha value is -1.13. The summed E-state index contributed by atoms with van der Waals surface area (Å²) < 4.78 is 0. The number of phenolic OH excluding ortho intramolecular Hbond substituents is 3. The van der Waals surface area contributed by atoms with Crippen LogP contribution >= 0.6 is 11.6 Å². The van der Waals surface area contributed by atoms with Crippen LogP contribution < -0.4 is 5.73 Å². The SMILES string of the molecule is NCC1(c2c(O)c(O)cc(O)c2Cl)CCCCC1. The molecule has 1 aromatic rings. The van der Waals surface area contributed by atoms with Crippen molar-refractivity contribution in [2.45, 2.75) is 37.5 Å². The highest BCUT2D eigenvalue weighted by molar-refractivity contribution is 6.33. The molecule has 4 nitrogen and oxygen atoms in total. The topological polar surface area (TPSA) is 86.7 Å². The minimum atomic E-state index is -0.449. The van der Waals surface area contributed by atoms with Crippen LogP contribution in [0.3, 0.4) is 0 Å². The van der Waals surface area contributed by atoms with Crippen LogP contribution in [0.5, 0.6) is 17.2 Å². The number of aromatic hydroxyl groups is 3. The van der Waals surface area contributed by atoms with Crippen LogP contribution in [-0.4, -0.2) is 21.9 Å². The molecule has 0 heterocycles. The van der Waals surface area contributed by atoms with Gasteiger partial charge in [-0.3, -0.25) is 0 Å². The number of rotatable bonds is 2. The van der Waals surface area contributed by atoms with E-state index in [-0.39, 0.29) is 22.3 Å². The van der Waals surface area contributed by atoms with Gasteiger partial charge in [0, 0.05) is 23.6 Å². The summed E-state index contributed by atoms with van der Waals surface area (Å²) in [6, 6.07) is 1.05. The van der Waals surface area contributed by atoms with Crippen LogP contribution in [0.15, 0.2) is 6.07 Å². The number of benzene rings is 1. The first-order chi connectivity index (χ1) is 8.52. The summed E-state index contributed by atoms with van der Waals surface area (Å²) in [7, 11) is 0. The molecule has 1 aliphatic rings. The molecular weight excluding hydrogens is 254 g/mol. The average Bonchev–Trinajstić information content (AvgIpc) is 2.38. The molecule has 0 radical (unpaired) electrons. The van der Waals surface area contributed by atoms with E-state index in [0.717, 1.165) is 38.2 Å². The predicted molar refractivity (Wildman–Crippen MR) is 70.3 cm³/mol. The second-order valence-electron chi connectivity index (χ2n) is 5.00. The fraction of sp³-hybridized carbons (Fsp3) is 0.538. The quantitative estimate of drug-likeness (QED) is 0.492. The molecular formula is C13H18ClNO3. The smallest absolute Gasteiger partial charge is 0.163 e. The minimum absolute atomic E-state index is 0.0950. The third-order valence-corrected chi connectivity index (χ3v) is 4.31. The fourth-order valence-corrected chi connectivity index (χ4v) is 3.23. The fourth-order valence-electron chi connectivity index (χ4n) is 2.89. The van der Waals surface area contributed by atoms with E-state index in [1.807, 2.05) is 0 Å². The van der Waals surface area contributed by atoms with E-state index >= 15 is 0 Å². The Labute approximate surface area is 111 Å². The first kappa shape index (κ1) is 13.3. The summed E-state index contributed by atoms with van der Waals surface area (Å²) in [5.41, 5.74) is 5.82. The highest BCUT2D eigenvalue weighted by Gasteiger charge is 2.38. The van der Waals surface area contributed by atoms with Gasteiger partial charge in [0.1, 0.15) is 5.75 Å². The van der Waals surface area contributed by atoms with Crippen LogP contribution in [0, 0.1) is 0 Å². The largest absolute Gasteiger partial charge is 0.506 e. The maximum Gasteiger partial charge on any atom is 0.163 e. The maximum absolute atomic E-state index is 10.1. The van der Waals surface area contributed by atoms with Crippen LogP contribution in [0.2, 0.25) is 5.02 Å². The highest BCUT2D eigenvalue weighted by atomic mass is 35.5. The second-order valence-corrected chi connectivity index (χ2v) is 5.38. The lowest BCUT2D eigenvalue weighted by Gasteiger charge is -2.37. The van der Waals surface area contributed by atoms with Gasteiger partial charge in [-0.25, -0.2) is 0 Å². The monoisotopic (exact) mass is 271 g/mol. The molecule has 1 aliphatic carbocycles. The molecule has 1 fully saturated rings. The first-order valence-corrected chi connectivity index (χ1v) is 6.53. The van der Waals surface area contributed by atoms with Crippen molar-refractivity contribution in [2.75, 3.05) is 6.54 Å². The van der Waals surface area contributed by atoms with Gasteiger partial charge in [0.25, 0.3) is 0 Å². The molecule has 0 saturated heterocycles. The van der Waals surface area contributed by atoms with E-state index in [2.05, 4.69) is 0 Å². The number of hydrogen-bond acceptors (Lipinski definition) is 4. The van der Waals surface area contributed by atoms with Crippen LogP contribution in [0.4, 0.5) is 0 Å². The molecule has 0 atom stereocenters. The van der Waals surface area contributed by atoms with Crippen LogP contribution in [-0.2, 0) is 5.41 Å². The third kappa shape index (κ3) is 1.99. The molecule has 2 rings (SSSR count). The predicted octanol–water partition coefficient (Wildman–Crippen LogP) is 2.62. The Morgan fingerprint density at radius 1 is 1.11 bits per heavy atom. The van der Waals surface area contributed by atoms with E-state index in [1.165, 1.54) is 0 Å². The van der Waals surface area contributed by atoms with Crippen molar-refractivity contribution in [2.24, 2.45) is 5.73 Å². The molecule has 0 amide bonds. The van der Waals surface area contributed by atoms with Gasteiger partial charge in [0.2, 0.25) is 0 Å². The summed E-state index contributed by atoms with van der Waals surface area (Å²) in [6.45, 7) is 0.336. The van der Waals surface area contributed by atoms with Gasteiger partial charge in [0.15, 0.2) is 11.5 Å². The molecule has 0 spiro atoms. The molecule has 1 saturated carbocycles. The van der Waals surface area contributed by atoms with Crippen molar-refractivity contribution in [3.8, 4) is 17.2 Å². The van der Waals surface area contributed by atoms with Crippen molar-refractivity contribution in [3.05, 3.63) is 16.7 Å². The molecule has 5 heteroatoms. The van der Waals surface area contributed by atoms with E-state index < -0.39 is 5.41 Å². The lowest BCUT2D eigenvalue weighted by Crippen LogP contribution is -2.37. The van der Waals surface area contributed by atoms with Gasteiger partial charge in [-0.15, -0.1) is 0 Å². The third-order valence-electron chi connectivity index (χ3n) is 3.93. The van der Waals surface area contributed by atoms with Gasteiger partial charge < -0.3 is 21.1 Å². The summed E-state index contributed by atoms with van der Waals surface area (Å²) in [4.78, 5) is 0. The van der Waals surface area contributed by atoms with Crippen LogP contribution in [0.1, 0.15) is 37.7 Å². The van der Waals surface area contributed by atoms with Gasteiger partial charge >= 0.3 is 0 Å². The van der Waals surface area contributed by atoms with E-state index in [0.29, 0.717) is 12.1 Å². The zero-order valence-corrected chi connectivity index (χ0v) is 10.9. The number of phenols is 3. The molecule has 5 N–H and O–H groups in total. The van der Waals surface area contributed by atoms with Crippen molar-refractivity contribution in [1.29, 1.82) is 0 Å². The van der Waals surface area contributed by atoms with Crippen molar-refractivity contribution in [1.82, 2.24) is 0 Å². The molecule has 0 aromatic heterocycles. The summed E-state index contributed by atoms with van der Waals surface area (Å²) in [5, 5.41) is 29.5. The number of nitrogens with two attached hydrogens (primary N) is 1. The Kier molecular flexibility index (Phi) is 3.59. The average molecular weight is 272 g/mol. The standard InChI is InChI=1S/C13H18ClNO3/c14-11-8(16)6-9(17)12(18)10(11)13(7-15)4-2-1-3-5-13/h6,16-18H,1-5,7,15H2. The Morgan fingerprint density at radius 2 is 1.72 bits per heavy atom. The number of hydrogen-bond donors (Lipinski definition) is 4. The van der Waals surface area contributed by atoms with Crippen molar-refractivity contribution >= 4 is 11.6 Å². The lowest BCUT2D eigenvalue weighted by molar-refractivity contribution is 0.285. The molecule has 0 unspecified atom stereocenters. The molecule has 18 heavy (non-hydrogen) atoms. The highest BCUT2D eigenvalue weighted by Crippen LogP contribution is 2.51. The maximum atomic E-state index is 10.1. The first-order valence-electron chi connectivity index (χ1n) is 6.16.